The Kier molecular flexibility index (Phi) is 6.11. The highest BCUT2D eigenvalue weighted by Crippen LogP contribution is 2.38. The lowest BCUT2D eigenvalue weighted by Gasteiger charge is -2.41. The van der Waals surface area contributed by atoms with Gasteiger partial charge in [-0.3, -0.25) is 0 Å². The molecular formula is C22H26N2O2S. The summed E-state index contributed by atoms with van der Waals surface area (Å²) in [5, 5.41) is 5.14. The lowest BCUT2D eigenvalue weighted by Crippen LogP contribution is -2.60. The van der Waals surface area contributed by atoms with Crippen molar-refractivity contribution in [1.29, 1.82) is 0 Å². The maximum atomic E-state index is 12.9. The number of hydrogen-bond acceptors (Lipinski definition) is 5. The molecule has 5 heteroatoms. The molecule has 0 saturated carbocycles. The fourth-order valence-electron chi connectivity index (χ4n) is 3.15. The number of carbonyl (C=O) groups is 1. The molecule has 0 radical (unpaired) electrons. The van der Waals surface area contributed by atoms with Gasteiger partial charge in [-0.05, 0) is 41.5 Å². The third kappa shape index (κ3) is 4.14. The molecule has 1 aliphatic heterocycles. The van der Waals surface area contributed by atoms with Gasteiger partial charge >= 0.3 is 5.97 Å². The van der Waals surface area contributed by atoms with Gasteiger partial charge in [0.25, 0.3) is 4.99 Å². The molecule has 3 rings (SSSR count). The van der Waals surface area contributed by atoms with Crippen molar-refractivity contribution in [2.75, 3.05) is 18.1 Å². The van der Waals surface area contributed by atoms with E-state index in [0.29, 0.717) is 12.5 Å². The third-order valence-corrected chi connectivity index (χ3v) is 5.47. The van der Waals surface area contributed by atoms with Crippen LogP contribution in [-0.2, 0) is 9.53 Å². The van der Waals surface area contributed by atoms with Crippen molar-refractivity contribution in [2.24, 2.45) is 5.92 Å². The number of thioether (sulfide) groups is 1. The maximum Gasteiger partial charge on any atom is 0.364 e. The number of anilines is 1. The topological polar surface area (TPSA) is 41.6 Å². The van der Waals surface area contributed by atoms with Crippen LogP contribution >= 0.6 is 11.8 Å². The molecule has 4 nitrogen and oxygen atoms in total. The summed E-state index contributed by atoms with van der Waals surface area (Å²) < 4.78 is 5.40. The number of ether oxygens (including phenoxy) is 1. The number of hydrogen-bond donors (Lipinski definition) is 1. The Labute approximate surface area is 165 Å². The Bertz CT molecular complexity index is 780. The largest absolute Gasteiger partial charge is 0.462 e. The van der Waals surface area contributed by atoms with Crippen molar-refractivity contribution in [2.45, 2.75) is 25.8 Å². The Hall–Kier alpha value is -2.40. The number of rotatable bonds is 7. The molecule has 0 bridgehead atoms. The van der Waals surface area contributed by atoms with Gasteiger partial charge in [0.15, 0.2) is 0 Å². The smallest absolute Gasteiger partial charge is 0.364 e. The Morgan fingerprint density at radius 2 is 1.78 bits per heavy atom. The molecule has 2 aromatic rings. The molecule has 0 spiro atoms. The highest BCUT2D eigenvalue weighted by Gasteiger charge is 2.48. The van der Waals surface area contributed by atoms with Crippen LogP contribution in [0.3, 0.4) is 0 Å². The Balaban J connectivity index is 1.95. The predicted molar refractivity (Wildman–Crippen MR) is 113 cm³/mol. The van der Waals surface area contributed by atoms with Gasteiger partial charge in [0.2, 0.25) is 0 Å². The fraction of sp³-hybridized carbons (Fsp3) is 0.318. The van der Waals surface area contributed by atoms with E-state index in [1.165, 1.54) is 17.3 Å². The minimum atomic E-state index is -0.964. The van der Waals surface area contributed by atoms with Gasteiger partial charge in [-0.15, -0.1) is 0 Å². The van der Waals surface area contributed by atoms with E-state index in [9.17, 15) is 4.79 Å². The second-order valence-electron chi connectivity index (χ2n) is 6.85. The van der Waals surface area contributed by atoms with E-state index in [2.05, 4.69) is 60.5 Å². The molecule has 1 heterocycles. The van der Waals surface area contributed by atoms with E-state index in [1.807, 2.05) is 36.7 Å². The summed E-state index contributed by atoms with van der Waals surface area (Å²) in [4.78, 5) is 14.0. The third-order valence-electron chi connectivity index (χ3n) is 4.35. The molecule has 1 unspecified atom stereocenters. The summed E-state index contributed by atoms with van der Waals surface area (Å²) in [6.45, 7) is 7.21. The van der Waals surface area contributed by atoms with Crippen molar-refractivity contribution in [3.63, 3.8) is 0 Å². The minimum absolute atomic E-state index is 0.271. The van der Waals surface area contributed by atoms with Crippen LogP contribution in [0, 0.1) is 5.92 Å². The van der Waals surface area contributed by atoms with Crippen molar-refractivity contribution in [3.8, 4) is 11.1 Å². The Morgan fingerprint density at radius 1 is 1.11 bits per heavy atom. The molecule has 27 heavy (non-hydrogen) atoms. The van der Waals surface area contributed by atoms with E-state index < -0.39 is 4.99 Å². The van der Waals surface area contributed by atoms with Gasteiger partial charge in [0, 0.05) is 18.4 Å². The van der Waals surface area contributed by atoms with Gasteiger partial charge in [-0.2, -0.15) is 0 Å². The second-order valence-corrected chi connectivity index (χ2v) is 7.95. The average molecular weight is 383 g/mol. The van der Waals surface area contributed by atoms with Crippen LogP contribution in [0.2, 0.25) is 0 Å². The Morgan fingerprint density at radius 3 is 2.33 bits per heavy atom. The molecule has 0 saturated heterocycles. The van der Waals surface area contributed by atoms with Crippen molar-refractivity contribution in [3.05, 3.63) is 66.2 Å². The monoisotopic (exact) mass is 382 g/mol. The first-order valence-corrected chi connectivity index (χ1v) is 10.2. The standard InChI is InChI=1S/C22H26N2O2S/c1-4-26-21(25)22(23-14-15-27-22)24(16-17(2)3)20-12-10-19(11-13-20)18-8-6-5-7-9-18/h5-15,17,23H,4,16H2,1-3H3. The molecule has 1 atom stereocenters. The van der Waals surface area contributed by atoms with E-state index in [-0.39, 0.29) is 5.97 Å². The van der Waals surface area contributed by atoms with Crippen molar-refractivity contribution < 1.29 is 9.53 Å². The van der Waals surface area contributed by atoms with Gasteiger partial charge in [-0.1, -0.05) is 68.1 Å². The van der Waals surface area contributed by atoms with E-state index in [1.54, 1.807) is 0 Å². The van der Waals surface area contributed by atoms with Gasteiger partial charge in [-0.25, -0.2) is 4.79 Å². The van der Waals surface area contributed by atoms with Gasteiger partial charge in [0.05, 0.1) is 6.61 Å². The van der Waals surface area contributed by atoms with Crippen LogP contribution < -0.4 is 10.2 Å². The first-order valence-electron chi connectivity index (χ1n) is 9.27. The highest BCUT2D eigenvalue weighted by molar-refractivity contribution is 8.04. The second kappa shape index (κ2) is 8.53. The number of esters is 1. The molecule has 0 aliphatic carbocycles. The summed E-state index contributed by atoms with van der Waals surface area (Å²) in [6, 6.07) is 18.6. The van der Waals surface area contributed by atoms with Crippen molar-refractivity contribution in [1.82, 2.24) is 5.32 Å². The van der Waals surface area contributed by atoms with Crippen LogP contribution in [0.25, 0.3) is 11.1 Å². The molecule has 0 aromatic heterocycles. The molecule has 0 amide bonds. The van der Waals surface area contributed by atoms with E-state index in [0.717, 1.165) is 17.8 Å². The molecule has 2 aromatic carbocycles. The first kappa shape index (κ1) is 19.4. The zero-order valence-electron chi connectivity index (χ0n) is 16.0. The van der Waals surface area contributed by atoms with Crippen LogP contribution in [0.1, 0.15) is 20.8 Å². The number of carbonyl (C=O) groups excluding carboxylic acids is 1. The van der Waals surface area contributed by atoms with Crippen LogP contribution in [-0.4, -0.2) is 24.1 Å². The van der Waals surface area contributed by atoms with Gasteiger partial charge in [0.1, 0.15) is 0 Å². The van der Waals surface area contributed by atoms with Crippen LogP contribution in [0.5, 0.6) is 0 Å². The predicted octanol–water partition coefficient (Wildman–Crippen LogP) is 4.84. The highest BCUT2D eigenvalue weighted by atomic mass is 32.2. The summed E-state index contributed by atoms with van der Waals surface area (Å²) in [7, 11) is 0. The lowest BCUT2D eigenvalue weighted by molar-refractivity contribution is -0.146. The van der Waals surface area contributed by atoms with Gasteiger partial charge < -0.3 is 15.0 Å². The zero-order chi connectivity index (χ0) is 19.3. The number of nitrogens with one attached hydrogen (secondary N) is 1. The van der Waals surface area contributed by atoms with E-state index >= 15 is 0 Å². The first-order chi connectivity index (χ1) is 13.1. The lowest BCUT2D eigenvalue weighted by atomic mass is 10.0. The molecule has 1 aliphatic rings. The fourth-order valence-corrected chi connectivity index (χ4v) is 4.08. The normalized spacial score (nSPS) is 18.4. The average Bonchev–Trinajstić information content (AvgIpc) is 3.18. The molecule has 1 N–H and O–H groups in total. The summed E-state index contributed by atoms with van der Waals surface area (Å²) >= 11 is 1.44. The van der Waals surface area contributed by atoms with Crippen LogP contribution in [0.4, 0.5) is 5.69 Å². The quantitative estimate of drug-likeness (QED) is 0.694. The SMILES string of the molecule is CCOC(=O)C1(N(CC(C)C)c2ccc(-c3ccccc3)cc2)NC=CS1. The van der Waals surface area contributed by atoms with E-state index in [4.69, 9.17) is 4.74 Å². The van der Waals surface area contributed by atoms with Crippen molar-refractivity contribution >= 4 is 23.4 Å². The number of nitrogens with zero attached hydrogens (tertiary/aromatic N) is 1. The van der Waals surface area contributed by atoms with Crippen LogP contribution in [0.15, 0.2) is 66.2 Å². The summed E-state index contributed by atoms with van der Waals surface area (Å²) in [5.41, 5.74) is 3.31. The molecule has 0 fully saturated rings. The maximum absolute atomic E-state index is 12.9. The number of benzene rings is 2. The molecular weight excluding hydrogens is 356 g/mol. The zero-order valence-corrected chi connectivity index (χ0v) is 16.8. The molecule has 142 valence electrons. The summed E-state index contributed by atoms with van der Waals surface area (Å²) in [6.07, 6.45) is 1.81. The summed E-state index contributed by atoms with van der Waals surface area (Å²) in [5.74, 6) is 0.112. The minimum Gasteiger partial charge on any atom is -0.462 e.